The van der Waals surface area contributed by atoms with Crippen molar-refractivity contribution in [2.75, 3.05) is 7.11 Å². The maximum absolute atomic E-state index is 12.7. The van der Waals surface area contributed by atoms with Crippen LogP contribution in [-0.4, -0.2) is 13.0 Å². The maximum atomic E-state index is 12.7. The van der Waals surface area contributed by atoms with Crippen molar-refractivity contribution in [2.24, 2.45) is 0 Å². The summed E-state index contributed by atoms with van der Waals surface area (Å²) in [7, 11) is 1.54. The summed E-state index contributed by atoms with van der Waals surface area (Å²) in [4.78, 5) is 12.1. The highest BCUT2D eigenvalue weighted by Crippen LogP contribution is 2.29. The lowest BCUT2D eigenvalue weighted by atomic mass is 10.1. The van der Waals surface area contributed by atoms with Gasteiger partial charge in [0.1, 0.15) is 5.75 Å². The summed E-state index contributed by atoms with van der Waals surface area (Å²) < 4.78 is 43.4. The van der Waals surface area contributed by atoms with Crippen molar-refractivity contribution in [3.63, 3.8) is 0 Å². The van der Waals surface area contributed by atoms with Crippen LogP contribution >= 0.6 is 0 Å². The van der Waals surface area contributed by atoms with Crippen molar-refractivity contribution in [3.8, 4) is 5.75 Å². The molecule has 0 spiro atoms. The fourth-order valence-electron chi connectivity index (χ4n) is 2.44. The Balaban J connectivity index is 2.06. The Morgan fingerprint density at radius 3 is 2.54 bits per heavy atom. The van der Waals surface area contributed by atoms with E-state index in [9.17, 15) is 18.0 Å². The van der Waals surface area contributed by atoms with E-state index < -0.39 is 11.7 Å². The van der Waals surface area contributed by atoms with E-state index in [-0.39, 0.29) is 18.4 Å². The van der Waals surface area contributed by atoms with Crippen molar-refractivity contribution in [3.05, 3.63) is 65.2 Å². The molecule has 0 aliphatic heterocycles. The lowest BCUT2D eigenvalue weighted by Gasteiger charge is -2.17. The number of ether oxygens (including phenoxy) is 1. The highest BCUT2D eigenvalue weighted by Gasteiger charge is 2.30. The molecule has 3 nitrogen and oxygen atoms in total. The minimum Gasteiger partial charge on any atom is -0.496 e. The number of halogens is 3. The summed E-state index contributed by atoms with van der Waals surface area (Å²) in [6, 6.07) is 11.7. The number of alkyl halides is 3. The van der Waals surface area contributed by atoms with Crippen molar-refractivity contribution >= 4 is 5.91 Å². The summed E-state index contributed by atoms with van der Waals surface area (Å²) in [5.74, 6) is 0.289. The number of carbonyl (C=O) groups excluding carboxylic acids is 1. The molecule has 24 heavy (non-hydrogen) atoms. The molecule has 0 radical (unpaired) electrons. The fraction of sp³-hybridized carbons (Fsp3) is 0.278. The summed E-state index contributed by atoms with van der Waals surface area (Å²) in [5, 5.41) is 2.78. The average Bonchev–Trinajstić information content (AvgIpc) is 2.54. The van der Waals surface area contributed by atoms with Crippen LogP contribution in [0.25, 0.3) is 0 Å². The molecule has 0 fully saturated rings. The third-order valence-electron chi connectivity index (χ3n) is 3.60. The fourth-order valence-corrected chi connectivity index (χ4v) is 2.44. The van der Waals surface area contributed by atoms with Gasteiger partial charge < -0.3 is 10.1 Å². The molecule has 0 aliphatic rings. The van der Waals surface area contributed by atoms with Crippen LogP contribution < -0.4 is 10.1 Å². The van der Waals surface area contributed by atoms with E-state index in [0.717, 1.165) is 17.7 Å². The predicted octanol–water partition coefficient (Wildman–Crippen LogP) is 4.13. The molecule has 0 saturated heterocycles. The number of amides is 1. The van der Waals surface area contributed by atoms with Gasteiger partial charge in [-0.3, -0.25) is 4.79 Å². The van der Waals surface area contributed by atoms with Crippen LogP contribution in [0.2, 0.25) is 0 Å². The van der Waals surface area contributed by atoms with Crippen molar-refractivity contribution in [1.82, 2.24) is 5.32 Å². The van der Waals surface area contributed by atoms with E-state index >= 15 is 0 Å². The molecule has 0 aliphatic carbocycles. The Bertz CT molecular complexity index is 713. The number of rotatable bonds is 5. The van der Waals surface area contributed by atoms with Gasteiger partial charge >= 0.3 is 6.18 Å². The third kappa shape index (κ3) is 4.50. The van der Waals surface area contributed by atoms with Gasteiger partial charge in [-0.1, -0.05) is 36.4 Å². The van der Waals surface area contributed by atoms with Crippen LogP contribution in [0, 0.1) is 0 Å². The molecule has 1 N–H and O–H groups in total. The molecule has 2 aromatic carbocycles. The van der Waals surface area contributed by atoms with Gasteiger partial charge in [0.15, 0.2) is 0 Å². The minimum atomic E-state index is -4.42. The number of benzene rings is 2. The highest BCUT2D eigenvalue weighted by molar-refractivity contribution is 5.79. The van der Waals surface area contributed by atoms with Gasteiger partial charge in [-0.15, -0.1) is 0 Å². The molecule has 1 amide bonds. The molecular weight excluding hydrogens is 319 g/mol. The lowest BCUT2D eigenvalue weighted by molar-refractivity contribution is -0.137. The van der Waals surface area contributed by atoms with Crippen LogP contribution in [0.3, 0.4) is 0 Å². The van der Waals surface area contributed by atoms with Crippen molar-refractivity contribution in [2.45, 2.75) is 25.6 Å². The predicted molar refractivity (Wildman–Crippen MR) is 84.7 cm³/mol. The first-order valence-corrected chi connectivity index (χ1v) is 7.39. The van der Waals surface area contributed by atoms with Gasteiger partial charge in [0.25, 0.3) is 0 Å². The molecule has 2 aromatic rings. The first-order chi connectivity index (χ1) is 11.3. The van der Waals surface area contributed by atoms with Crippen LogP contribution in [-0.2, 0) is 17.4 Å². The SMILES string of the molecule is COc1ccccc1[C@H](C)NC(=O)Cc1cccc(C(F)(F)F)c1. The molecule has 0 unspecified atom stereocenters. The minimum absolute atomic E-state index is 0.122. The van der Waals surface area contributed by atoms with E-state index in [4.69, 9.17) is 4.74 Å². The van der Waals surface area contributed by atoms with E-state index in [1.54, 1.807) is 13.0 Å². The highest BCUT2D eigenvalue weighted by atomic mass is 19.4. The summed E-state index contributed by atoms with van der Waals surface area (Å²) >= 11 is 0. The van der Waals surface area contributed by atoms with Crippen molar-refractivity contribution in [1.29, 1.82) is 0 Å². The number of hydrogen-bond donors (Lipinski definition) is 1. The largest absolute Gasteiger partial charge is 0.496 e. The van der Waals surface area contributed by atoms with E-state index in [2.05, 4.69) is 5.32 Å². The zero-order chi connectivity index (χ0) is 17.7. The zero-order valence-corrected chi connectivity index (χ0v) is 13.4. The molecule has 0 heterocycles. The van der Waals surface area contributed by atoms with Crippen molar-refractivity contribution < 1.29 is 22.7 Å². The Hall–Kier alpha value is -2.50. The van der Waals surface area contributed by atoms with E-state index in [0.29, 0.717) is 11.3 Å². The quantitative estimate of drug-likeness (QED) is 0.891. The van der Waals surface area contributed by atoms with Gasteiger partial charge in [-0.2, -0.15) is 13.2 Å². The van der Waals surface area contributed by atoms with Crippen LogP contribution in [0.4, 0.5) is 13.2 Å². The van der Waals surface area contributed by atoms with Gasteiger partial charge in [0.2, 0.25) is 5.91 Å². The molecule has 0 saturated carbocycles. The summed E-state index contributed by atoms with van der Waals surface area (Å²) in [5.41, 5.74) is 0.359. The van der Waals surface area contributed by atoms with Crippen LogP contribution in [0.1, 0.15) is 29.7 Å². The van der Waals surface area contributed by atoms with Crippen LogP contribution in [0.15, 0.2) is 48.5 Å². The normalized spacial score (nSPS) is 12.5. The van der Waals surface area contributed by atoms with E-state index in [1.165, 1.54) is 19.2 Å². The first kappa shape index (κ1) is 17.8. The maximum Gasteiger partial charge on any atom is 0.416 e. The molecule has 0 aromatic heterocycles. The molecule has 128 valence electrons. The lowest BCUT2D eigenvalue weighted by Crippen LogP contribution is -2.28. The van der Waals surface area contributed by atoms with Gasteiger partial charge in [0.05, 0.1) is 25.1 Å². The molecule has 1 atom stereocenters. The average molecular weight is 337 g/mol. The first-order valence-electron chi connectivity index (χ1n) is 7.39. The number of carbonyl (C=O) groups is 1. The summed E-state index contributed by atoms with van der Waals surface area (Å²) in [6.07, 6.45) is -4.54. The monoisotopic (exact) mass is 337 g/mol. The Labute approximate surface area is 138 Å². The standard InChI is InChI=1S/C18H18F3NO2/c1-12(15-8-3-4-9-16(15)24-2)22-17(23)11-13-6-5-7-14(10-13)18(19,20)21/h3-10,12H,11H2,1-2H3,(H,22,23)/t12-/m0/s1. The van der Waals surface area contributed by atoms with Gasteiger partial charge in [-0.25, -0.2) is 0 Å². The second kappa shape index (κ2) is 7.38. The molecule has 0 bridgehead atoms. The number of para-hydroxylation sites is 1. The Morgan fingerprint density at radius 1 is 1.17 bits per heavy atom. The second-order valence-corrected chi connectivity index (χ2v) is 5.41. The molecule has 2 rings (SSSR count). The number of hydrogen-bond acceptors (Lipinski definition) is 2. The number of nitrogens with one attached hydrogen (secondary N) is 1. The third-order valence-corrected chi connectivity index (χ3v) is 3.60. The van der Waals surface area contributed by atoms with Gasteiger partial charge in [-0.05, 0) is 24.6 Å². The smallest absolute Gasteiger partial charge is 0.416 e. The zero-order valence-electron chi connectivity index (χ0n) is 13.4. The molecular formula is C18H18F3NO2. The van der Waals surface area contributed by atoms with E-state index in [1.807, 2.05) is 18.2 Å². The Morgan fingerprint density at radius 2 is 1.88 bits per heavy atom. The second-order valence-electron chi connectivity index (χ2n) is 5.41. The van der Waals surface area contributed by atoms with Gasteiger partial charge in [0, 0.05) is 5.56 Å². The Kier molecular flexibility index (Phi) is 5.49. The topological polar surface area (TPSA) is 38.3 Å². The van der Waals surface area contributed by atoms with Crippen LogP contribution in [0.5, 0.6) is 5.75 Å². The molecule has 6 heteroatoms. The summed E-state index contributed by atoms with van der Waals surface area (Å²) in [6.45, 7) is 1.79. The number of methoxy groups -OCH3 is 1.